The van der Waals surface area contributed by atoms with Crippen LogP contribution in [0.4, 0.5) is 4.79 Å². The van der Waals surface area contributed by atoms with E-state index in [0.717, 1.165) is 23.5 Å². The average molecular weight is 311 g/mol. The van der Waals surface area contributed by atoms with Gasteiger partial charge < -0.3 is 15.0 Å². The molecule has 0 aliphatic carbocycles. The van der Waals surface area contributed by atoms with E-state index in [1.165, 1.54) is 4.88 Å². The molecule has 6 heteroatoms. The monoisotopic (exact) mass is 311 g/mol. The number of nitrogens with zero attached hydrogens (tertiary/aromatic N) is 2. The molecule has 21 heavy (non-hydrogen) atoms. The maximum atomic E-state index is 12.2. The van der Waals surface area contributed by atoms with Crippen molar-refractivity contribution >= 4 is 17.4 Å². The predicted molar refractivity (Wildman–Crippen MR) is 84.9 cm³/mol. The second-order valence-electron chi connectivity index (χ2n) is 5.80. The number of hydrogen-bond donors (Lipinski definition) is 1. The van der Waals surface area contributed by atoms with Gasteiger partial charge in [0.15, 0.2) is 0 Å². The van der Waals surface area contributed by atoms with Crippen LogP contribution < -0.4 is 5.32 Å². The first-order chi connectivity index (χ1) is 9.93. The maximum absolute atomic E-state index is 12.2. The van der Waals surface area contributed by atoms with Crippen LogP contribution in [0.3, 0.4) is 0 Å². The van der Waals surface area contributed by atoms with Gasteiger partial charge in [0, 0.05) is 24.4 Å². The van der Waals surface area contributed by atoms with Gasteiger partial charge in [0.05, 0.1) is 29.5 Å². The second-order valence-corrected chi connectivity index (χ2v) is 7.08. The summed E-state index contributed by atoms with van der Waals surface area (Å²) < 4.78 is 5.76. The predicted octanol–water partition coefficient (Wildman–Crippen LogP) is 2.51. The molecule has 0 saturated carbocycles. The van der Waals surface area contributed by atoms with Gasteiger partial charge in [0.1, 0.15) is 0 Å². The molecule has 0 aromatic carbocycles. The minimum atomic E-state index is -0.207. The van der Waals surface area contributed by atoms with Crippen LogP contribution in [0.5, 0.6) is 0 Å². The number of rotatable bonds is 4. The number of urea groups is 1. The number of hydrogen-bond acceptors (Lipinski definition) is 4. The van der Waals surface area contributed by atoms with Gasteiger partial charge in [-0.25, -0.2) is 9.78 Å². The van der Waals surface area contributed by atoms with Crippen molar-refractivity contribution in [2.75, 3.05) is 26.2 Å². The van der Waals surface area contributed by atoms with Crippen LogP contribution in [-0.2, 0) is 11.2 Å². The van der Waals surface area contributed by atoms with Crippen LogP contribution in [0.25, 0.3) is 0 Å². The number of ether oxygens (including phenoxy) is 1. The molecule has 0 radical (unpaired) electrons. The number of thiazole rings is 1. The quantitative estimate of drug-likeness (QED) is 0.929. The Morgan fingerprint density at radius 3 is 2.90 bits per heavy atom. The van der Waals surface area contributed by atoms with Crippen LogP contribution in [0.15, 0.2) is 0 Å². The highest BCUT2D eigenvalue weighted by Gasteiger charge is 2.32. The third-order valence-corrected chi connectivity index (χ3v) is 5.13. The largest absolute Gasteiger partial charge is 0.372 e. The smallest absolute Gasteiger partial charge is 0.317 e. The molecule has 1 aromatic rings. The van der Waals surface area contributed by atoms with Gasteiger partial charge in [0.2, 0.25) is 0 Å². The van der Waals surface area contributed by atoms with Gasteiger partial charge in [-0.3, -0.25) is 0 Å². The highest BCUT2D eigenvalue weighted by Crippen LogP contribution is 2.21. The standard InChI is InChI=1S/C15H25N3O2S/c1-5-15(4)10-18(8-9-20-15)14(19)16-7-6-13-11(2)17-12(3)21-13/h5-10H2,1-4H3,(H,16,19)/t15-/m1/s1. The number of amides is 2. The summed E-state index contributed by atoms with van der Waals surface area (Å²) in [6.45, 7) is 10.8. The van der Waals surface area contributed by atoms with E-state index in [4.69, 9.17) is 4.74 Å². The molecule has 118 valence electrons. The van der Waals surface area contributed by atoms with Gasteiger partial charge in [0.25, 0.3) is 0 Å². The maximum Gasteiger partial charge on any atom is 0.317 e. The third-order valence-electron chi connectivity index (χ3n) is 4.00. The van der Waals surface area contributed by atoms with E-state index < -0.39 is 0 Å². The fourth-order valence-electron chi connectivity index (χ4n) is 2.52. The van der Waals surface area contributed by atoms with Crippen LogP contribution in [0.2, 0.25) is 0 Å². The molecule has 2 amide bonds. The molecule has 2 rings (SSSR count). The Labute approximate surface area is 130 Å². The Hall–Kier alpha value is -1.14. The first-order valence-electron chi connectivity index (χ1n) is 7.53. The third kappa shape index (κ3) is 4.17. The Morgan fingerprint density at radius 1 is 1.52 bits per heavy atom. The fraction of sp³-hybridized carbons (Fsp3) is 0.733. The van der Waals surface area contributed by atoms with Crippen molar-refractivity contribution in [1.29, 1.82) is 0 Å². The number of morpholine rings is 1. The summed E-state index contributed by atoms with van der Waals surface area (Å²) in [5.41, 5.74) is 0.873. The van der Waals surface area contributed by atoms with E-state index >= 15 is 0 Å². The highest BCUT2D eigenvalue weighted by atomic mass is 32.1. The van der Waals surface area contributed by atoms with E-state index in [9.17, 15) is 4.79 Å². The summed E-state index contributed by atoms with van der Waals surface area (Å²) in [6, 6.07) is 0.0110. The fourth-order valence-corrected chi connectivity index (χ4v) is 3.45. The topological polar surface area (TPSA) is 54.5 Å². The molecular weight excluding hydrogens is 286 g/mol. The van der Waals surface area contributed by atoms with Crippen molar-refractivity contribution in [2.45, 2.75) is 46.1 Å². The van der Waals surface area contributed by atoms with Gasteiger partial charge in [-0.1, -0.05) is 6.92 Å². The zero-order valence-electron chi connectivity index (χ0n) is 13.4. The van der Waals surface area contributed by atoms with Crippen molar-refractivity contribution in [1.82, 2.24) is 15.2 Å². The Bertz CT molecular complexity index is 503. The number of aryl methyl sites for hydroxylation is 2. The summed E-state index contributed by atoms with van der Waals surface area (Å²) in [7, 11) is 0. The average Bonchev–Trinajstić information content (AvgIpc) is 2.77. The van der Waals surface area contributed by atoms with Crippen LogP contribution in [-0.4, -0.2) is 47.8 Å². The second kappa shape index (κ2) is 6.75. The van der Waals surface area contributed by atoms with Crippen LogP contribution >= 0.6 is 11.3 Å². The van der Waals surface area contributed by atoms with Crippen molar-refractivity contribution < 1.29 is 9.53 Å². The summed E-state index contributed by atoms with van der Waals surface area (Å²) in [6.07, 6.45) is 1.76. The lowest BCUT2D eigenvalue weighted by atomic mass is 10.0. The van der Waals surface area contributed by atoms with E-state index in [1.807, 2.05) is 18.7 Å². The first kappa shape index (κ1) is 16.2. The molecule has 1 saturated heterocycles. The van der Waals surface area contributed by atoms with Crippen LogP contribution in [0.1, 0.15) is 35.8 Å². The van der Waals surface area contributed by atoms with Crippen molar-refractivity contribution in [3.8, 4) is 0 Å². The molecule has 0 unspecified atom stereocenters. The Kier molecular flexibility index (Phi) is 5.22. The molecular formula is C15H25N3O2S. The minimum Gasteiger partial charge on any atom is -0.372 e. The molecule has 0 spiro atoms. The summed E-state index contributed by atoms with van der Waals surface area (Å²) >= 11 is 1.71. The molecule has 1 aliphatic heterocycles. The minimum absolute atomic E-state index is 0.0110. The molecule has 0 bridgehead atoms. The number of nitrogens with one attached hydrogen (secondary N) is 1. The molecule has 1 atom stereocenters. The van der Waals surface area contributed by atoms with E-state index in [2.05, 4.69) is 24.1 Å². The van der Waals surface area contributed by atoms with Crippen molar-refractivity contribution in [3.05, 3.63) is 15.6 Å². The van der Waals surface area contributed by atoms with Gasteiger partial charge in [-0.15, -0.1) is 11.3 Å². The number of aromatic nitrogens is 1. The van der Waals surface area contributed by atoms with Gasteiger partial charge in [-0.05, 0) is 27.2 Å². The molecule has 2 heterocycles. The highest BCUT2D eigenvalue weighted by molar-refractivity contribution is 7.11. The van der Waals surface area contributed by atoms with Crippen molar-refractivity contribution in [2.24, 2.45) is 0 Å². The number of carbonyl (C=O) groups excluding carboxylic acids is 1. The normalized spacial score (nSPS) is 22.4. The van der Waals surface area contributed by atoms with Crippen LogP contribution in [0, 0.1) is 13.8 Å². The lowest BCUT2D eigenvalue weighted by Gasteiger charge is -2.39. The van der Waals surface area contributed by atoms with Gasteiger partial charge in [-0.2, -0.15) is 0 Å². The van der Waals surface area contributed by atoms with E-state index in [0.29, 0.717) is 26.2 Å². The summed E-state index contributed by atoms with van der Waals surface area (Å²) in [5.74, 6) is 0. The molecule has 1 N–H and O–H groups in total. The van der Waals surface area contributed by atoms with Gasteiger partial charge >= 0.3 is 6.03 Å². The first-order valence-corrected chi connectivity index (χ1v) is 8.35. The van der Waals surface area contributed by atoms with Crippen molar-refractivity contribution in [3.63, 3.8) is 0 Å². The Morgan fingerprint density at radius 2 is 2.29 bits per heavy atom. The lowest BCUT2D eigenvalue weighted by molar-refractivity contribution is -0.0872. The summed E-state index contributed by atoms with van der Waals surface area (Å²) in [5, 5.41) is 4.09. The lowest BCUT2D eigenvalue weighted by Crippen LogP contribution is -2.54. The molecule has 5 nitrogen and oxygen atoms in total. The zero-order valence-corrected chi connectivity index (χ0v) is 14.2. The summed E-state index contributed by atoms with van der Waals surface area (Å²) in [4.78, 5) is 19.8. The molecule has 1 aromatic heterocycles. The van der Waals surface area contributed by atoms with E-state index in [-0.39, 0.29) is 11.6 Å². The zero-order chi connectivity index (χ0) is 15.5. The van der Waals surface area contributed by atoms with E-state index in [1.54, 1.807) is 11.3 Å². The molecule has 1 aliphatic rings. The SMILES string of the molecule is CC[C@]1(C)CN(C(=O)NCCc2sc(C)nc2C)CCO1. The molecule has 1 fully saturated rings. The Balaban J connectivity index is 1.80. The number of carbonyl (C=O) groups is 1.